The fourth-order valence-corrected chi connectivity index (χ4v) is 2.57. The first-order valence-electron chi connectivity index (χ1n) is 4.84. The number of rotatable bonds is 2. The molecule has 0 atom stereocenters. The topological polar surface area (TPSA) is 56.7 Å². The summed E-state index contributed by atoms with van der Waals surface area (Å²) in [5.41, 5.74) is 4.68. The molecule has 0 aliphatic rings. The Morgan fingerprint density at radius 1 is 1.25 bits per heavy atom. The maximum Gasteiger partial charge on any atom is 0.416 e. The lowest BCUT2D eigenvalue weighted by Crippen LogP contribution is -2.08. The highest BCUT2D eigenvalue weighted by atomic mass is 35.5. The smallest absolute Gasteiger partial charge is 0.368 e. The number of nitrogens with zero attached hydrogens (tertiary/aromatic N) is 3. The normalized spacial score (nSPS) is 11.9. The molecule has 0 spiro atoms. The van der Waals surface area contributed by atoms with Crippen molar-refractivity contribution >= 4 is 51.6 Å². The van der Waals surface area contributed by atoms with Crippen LogP contribution >= 0.6 is 45.7 Å². The summed E-state index contributed by atoms with van der Waals surface area (Å²) in [6.45, 7) is 0. The average Bonchev–Trinajstić information content (AvgIpc) is 2.69. The molecule has 2 aromatic rings. The van der Waals surface area contributed by atoms with E-state index in [1.165, 1.54) is 0 Å². The predicted octanol–water partition coefficient (Wildman–Crippen LogP) is 4.11. The van der Waals surface area contributed by atoms with Crippen molar-refractivity contribution in [1.82, 2.24) is 14.8 Å². The van der Waals surface area contributed by atoms with Crippen molar-refractivity contribution in [2.45, 2.75) is 11.3 Å². The number of benzene rings is 1. The van der Waals surface area contributed by atoms with Gasteiger partial charge in [-0.05, 0) is 22.9 Å². The molecule has 0 fully saturated rings. The second-order valence-electron chi connectivity index (χ2n) is 3.54. The predicted molar refractivity (Wildman–Crippen MR) is 75.6 cm³/mol. The zero-order valence-electron chi connectivity index (χ0n) is 9.32. The number of hydrogen-bond acceptors (Lipinski definition) is 5. The van der Waals surface area contributed by atoms with Crippen LogP contribution in [0.2, 0.25) is 10.0 Å². The fourth-order valence-electron chi connectivity index (χ4n) is 1.44. The zero-order valence-corrected chi connectivity index (χ0v) is 12.5. The van der Waals surface area contributed by atoms with E-state index in [-0.39, 0.29) is 26.8 Å². The van der Waals surface area contributed by atoms with Crippen molar-refractivity contribution in [3.63, 3.8) is 0 Å². The molecule has 0 saturated carbocycles. The standard InChI is InChI=1S/C9H5Cl2F3N4S2/c10-4-1-3(9(12,13)14)2-5(11)6(4)18-7(15)16-8(17-18)20-19/h1-2,19H,(H2,15,16,17). The van der Waals surface area contributed by atoms with Gasteiger partial charge in [0.1, 0.15) is 5.69 Å². The second-order valence-corrected chi connectivity index (χ2v) is 5.45. The van der Waals surface area contributed by atoms with E-state index in [4.69, 9.17) is 28.9 Å². The van der Waals surface area contributed by atoms with E-state index in [0.717, 1.165) is 27.6 Å². The molecule has 0 amide bonds. The molecule has 0 radical (unpaired) electrons. The van der Waals surface area contributed by atoms with Gasteiger partial charge in [0.15, 0.2) is 0 Å². The SMILES string of the molecule is Nc1nc(SS)nn1-c1c(Cl)cc(C(F)(F)F)cc1Cl. The number of halogens is 5. The Morgan fingerprint density at radius 3 is 2.20 bits per heavy atom. The molecule has 11 heteroatoms. The van der Waals surface area contributed by atoms with Crippen LogP contribution in [0.15, 0.2) is 17.3 Å². The minimum absolute atomic E-state index is 0.0277. The highest BCUT2D eigenvalue weighted by Gasteiger charge is 2.32. The maximum absolute atomic E-state index is 12.6. The summed E-state index contributed by atoms with van der Waals surface area (Å²) in [5, 5.41) is 3.67. The molecule has 4 nitrogen and oxygen atoms in total. The summed E-state index contributed by atoms with van der Waals surface area (Å²) in [4.78, 5) is 3.84. The third-order valence-corrected chi connectivity index (χ3v) is 3.65. The molecule has 1 heterocycles. The van der Waals surface area contributed by atoms with Gasteiger partial charge in [0.05, 0.1) is 15.6 Å². The van der Waals surface area contributed by atoms with Crippen LogP contribution in [0.4, 0.5) is 19.1 Å². The molecule has 0 unspecified atom stereocenters. The molecular weight excluding hydrogens is 356 g/mol. The number of hydrogen-bond donors (Lipinski definition) is 2. The lowest BCUT2D eigenvalue weighted by atomic mass is 10.2. The van der Waals surface area contributed by atoms with E-state index >= 15 is 0 Å². The first-order valence-corrected chi connectivity index (χ1v) is 7.47. The highest BCUT2D eigenvalue weighted by Crippen LogP contribution is 2.38. The Hall–Kier alpha value is -0.770. The van der Waals surface area contributed by atoms with Crippen molar-refractivity contribution < 1.29 is 13.2 Å². The van der Waals surface area contributed by atoms with Gasteiger partial charge in [0, 0.05) is 0 Å². The van der Waals surface area contributed by atoms with Gasteiger partial charge < -0.3 is 5.73 Å². The molecule has 2 N–H and O–H groups in total. The van der Waals surface area contributed by atoms with Gasteiger partial charge in [0.25, 0.3) is 0 Å². The summed E-state index contributed by atoms with van der Waals surface area (Å²) >= 11 is 15.6. The molecule has 0 aliphatic heterocycles. The highest BCUT2D eigenvalue weighted by molar-refractivity contribution is 8.68. The van der Waals surface area contributed by atoms with E-state index in [0.29, 0.717) is 0 Å². The van der Waals surface area contributed by atoms with Gasteiger partial charge >= 0.3 is 6.18 Å². The van der Waals surface area contributed by atoms with Crippen molar-refractivity contribution in [3.05, 3.63) is 27.7 Å². The van der Waals surface area contributed by atoms with Crippen LogP contribution in [-0.2, 0) is 6.18 Å². The Kier molecular flexibility index (Phi) is 4.33. The molecule has 108 valence electrons. The van der Waals surface area contributed by atoms with E-state index < -0.39 is 11.7 Å². The second kappa shape index (κ2) is 5.55. The maximum atomic E-state index is 12.6. The number of alkyl halides is 3. The Bertz CT molecular complexity index is 636. The Balaban J connectivity index is 2.61. The Labute approximate surface area is 130 Å². The van der Waals surface area contributed by atoms with E-state index in [1.807, 2.05) is 0 Å². The summed E-state index contributed by atoms with van der Waals surface area (Å²) in [7, 11) is 0.923. The quantitative estimate of drug-likeness (QED) is 0.624. The molecule has 2 rings (SSSR count). The van der Waals surface area contributed by atoms with Crippen LogP contribution in [0, 0.1) is 0 Å². The fraction of sp³-hybridized carbons (Fsp3) is 0.111. The van der Waals surface area contributed by atoms with Crippen molar-refractivity contribution in [2.75, 3.05) is 5.73 Å². The molecule has 1 aromatic heterocycles. The van der Waals surface area contributed by atoms with Crippen LogP contribution in [0.1, 0.15) is 5.56 Å². The van der Waals surface area contributed by atoms with Gasteiger partial charge in [-0.15, -0.1) is 16.8 Å². The monoisotopic (exact) mass is 360 g/mol. The average molecular weight is 361 g/mol. The lowest BCUT2D eigenvalue weighted by Gasteiger charge is -2.12. The van der Waals surface area contributed by atoms with Crippen LogP contribution in [-0.4, -0.2) is 14.8 Å². The largest absolute Gasteiger partial charge is 0.416 e. The third-order valence-electron chi connectivity index (χ3n) is 2.25. The minimum Gasteiger partial charge on any atom is -0.368 e. The van der Waals surface area contributed by atoms with Gasteiger partial charge in [-0.1, -0.05) is 23.2 Å². The van der Waals surface area contributed by atoms with Crippen molar-refractivity contribution in [2.24, 2.45) is 0 Å². The Morgan fingerprint density at radius 2 is 1.80 bits per heavy atom. The molecule has 0 bridgehead atoms. The number of aromatic nitrogens is 3. The van der Waals surface area contributed by atoms with Crippen LogP contribution in [0.5, 0.6) is 0 Å². The molecule has 1 aromatic carbocycles. The van der Waals surface area contributed by atoms with Crippen LogP contribution in [0.3, 0.4) is 0 Å². The third kappa shape index (κ3) is 2.95. The van der Waals surface area contributed by atoms with Gasteiger partial charge in [-0.3, -0.25) is 0 Å². The zero-order chi connectivity index (χ0) is 15.1. The van der Waals surface area contributed by atoms with E-state index in [1.54, 1.807) is 0 Å². The molecule has 20 heavy (non-hydrogen) atoms. The first kappa shape index (κ1) is 15.6. The first-order chi connectivity index (χ1) is 9.24. The molecule has 0 saturated heterocycles. The summed E-state index contributed by atoms with van der Waals surface area (Å²) in [5.74, 6) is -0.0647. The van der Waals surface area contributed by atoms with Crippen LogP contribution in [0.25, 0.3) is 5.69 Å². The molecular formula is C9H5Cl2F3N4S2. The van der Waals surface area contributed by atoms with Gasteiger partial charge in [-0.2, -0.15) is 22.8 Å². The molecule has 0 aliphatic carbocycles. The van der Waals surface area contributed by atoms with E-state index in [9.17, 15) is 13.2 Å². The summed E-state index contributed by atoms with van der Waals surface area (Å²) in [6, 6.07) is 1.49. The number of nitrogen functional groups attached to an aromatic ring is 1. The van der Waals surface area contributed by atoms with Crippen molar-refractivity contribution in [1.29, 1.82) is 0 Å². The summed E-state index contributed by atoms with van der Waals surface area (Å²) < 4.78 is 38.9. The lowest BCUT2D eigenvalue weighted by molar-refractivity contribution is -0.137. The summed E-state index contributed by atoms with van der Waals surface area (Å²) in [6.07, 6.45) is -4.55. The van der Waals surface area contributed by atoms with Crippen molar-refractivity contribution in [3.8, 4) is 5.69 Å². The number of nitrogens with two attached hydrogens (primary N) is 1. The number of thiol groups is 1. The van der Waals surface area contributed by atoms with Gasteiger partial charge in [-0.25, -0.2) is 0 Å². The van der Waals surface area contributed by atoms with Crippen LogP contribution < -0.4 is 5.73 Å². The van der Waals surface area contributed by atoms with E-state index in [2.05, 4.69) is 21.7 Å². The minimum atomic E-state index is -4.55. The van der Waals surface area contributed by atoms with Gasteiger partial charge in [0.2, 0.25) is 11.1 Å². The number of anilines is 1.